The number of aliphatic hydroxyl groups is 1. The minimum Gasteiger partial charge on any atom is -0.383 e. The summed E-state index contributed by atoms with van der Waals surface area (Å²) in [6, 6.07) is 26.9. The lowest BCUT2D eigenvalue weighted by Gasteiger charge is -2.41. The molecule has 0 amide bonds. The van der Waals surface area contributed by atoms with Crippen LogP contribution in [0.2, 0.25) is 0 Å². The largest absolute Gasteiger partial charge is 0.383 e. The average molecular weight is 339 g/mol. The number of nitrogens with zero attached hydrogens (tertiary/aromatic N) is 1. The zero-order chi connectivity index (χ0) is 17.9. The van der Waals surface area contributed by atoms with Gasteiger partial charge in [0.25, 0.3) is 0 Å². The van der Waals surface area contributed by atoms with Crippen molar-refractivity contribution < 1.29 is 5.11 Å². The van der Waals surface area contributed by atoms with Gasteiger partial charge in [-0.15, -0.1) is 0 Å². The van der Waals surface area contributed by atoms with Crippen LogP contribution in [-0.2, 0) is 5.60 Å². The van der Waals surface area contributed by atoms with Crippen molar-refractivity contribution in [2.75, 3.05) is 0 Å². The summed E-state index contributed by atoms with van der Waals surface area (Å²) in [7, 11) is 0. The highest BCUT2D eigenvalue weighted by Gasteiger charge is 2.44. The monoisotopic (exact) mass is 339 g/mol. The van der Waals surface area contributed by atoms with Gasteiger partial charge in [0.05, 0.1) is 11.7 Å². The summed E-state index contributed by atoms with van der Waals surface area (Å²) in [4.78, 5) is 0. The lowest BCUT2D eigenvalue weighted by molar-refractivity contribution is 0.0150. The predicted octanol–water partition coefficient (Wildman–Crippen LogP) is 5.43. The Labute approximate surface area is 153 Å². The molecule has 0 aliphatic carbocycles. The summed E-state index contributed by atoms with van der Waals surface area (Å²) in [5.41, 5.74) is 5.88. The third kappa shape index (κ3) is 1.91. The van der Waals surface area contributed by atoms with Gasteiger partial charge in [-0.05, 0) is 36.6 Å². The van der Waals surface area contributed by atoms with Crippen LogP contribution in [0, 0.1) is 6.92 Å². The minimum absolute atomic E-state index is 0.174. The molecule has 2 nitrogen and oxygen atoms in total. The van der Waals surface area contributed by atoms with E-state index < -0.39 is 5.60 Å². The van der Waals surface area contributed by atoms with Crippen LogP contribution >= 0.6 is 0 Å². The van der Waals surface area contributed by atoms with Crippen LogP contribution in [0.5, 0.6) is 0 Å². The molecular weight excluding hydrogens is 318 g/mol. The normalized spacial score (nSPS) is 21.4. The maximum atomic E-state index is 11.7. The molecule has 0 saturated carbocycles. The standard InChI is InChI=1S/C24H21NO/c1-16-18-12-7-9-15-21(18)25-22(16)19-13-6-8-14-20(19)24(2,26)23(25)17-10-4-3-5-11-17/h3-15,23,26H,1-2H3/t23-,24-/m0/s1. The molecule has 4 aromatic rings. The van der Waals surface area contributed by atoms with Crippen LogP contribution in [0.25, 0.3) is 22.2 Å². The van der Waals surface area contributed by atoms with E-state index in [9.17, 15) is 5.11 Å². The summed E-state index contributed by atoms with van der Waals surface area (Å²) in [5.74, 6) is 0. The van der Waals surface area contributed by atoms with Crippen molar-refractivity contribution in [3.05, 3.63) is 95.6 Å². The number of aryl methyl sites for hydroxylation is 1. The molecule has 1 aromatic heterocycles. The zero-order valence-corrected chi connectivity index (χ0v) is 15.0. The highest BCUT2D eigenvalue weighted by atomic mass is 16.3. The number of hydrogen-bond donors (Lipinski definition) is 1. The summed E-state index contributed by atoms with van der Waals surface area (Å²) in [6.45, 7) is 4.13. The molecule has 0 saturated heterocycles. The quantitative estimate of drug-likeness (QED) is 0.492. The molecule has 1 aliphatic heterocycles. The van der Waals surface area contributed by atoms with E-state index in [1.54, 1.807) is 0 Å². The van der Waals surface area contributed by atoms with Gasteiger partial charge in [-0.2, -0.15) is 0 Å². The molecule has 3 aromatic carbocycles. The molecular formula is C24H21NO. The SMILES string of the molecule is Cc1c2n(c3ccccc13)[C@@H](c1ccccc1)[C@@](C)(O)c1ccccc1-2. The van der Waals surface area contributed by atoms with Crippen LogP contribution in [-0.4, -0.2) is 9.67 Å². The van der Waals surface area contributed by atoms with Crippen LogP contribution in [0.3, 0.4) is 0 Å². The maximum absolute atomic E-state index is 11.7. The first-order chi connectivity index (χ1) is 12.6. The van der Waals surface area contributed by atoms with Crippen molar-refractivity contribution in [3.8, 4) is 11.3 Å². The Bertz CT molecular complexity index is 1120. The molecule has 0 radical (unpaired) electrons. The Morgan fingerprint density at radius 3 is 2.31 bits per heavy atom. The third-order valence-electron chi connectivity index (χ3n) is 5.80. The van der Waals surface area contributed by atoms with Gasteiger partial charge in [-0.3, -0.25) is 0 Å². The summed E-state index contributed by atoms with van der Waals surface area (Å²) >= 11 is 0. The first-order valence-corrected chi connectivity index (χ1v) is 9.07. The van der Waals surface area contributed by atoms with Crippen molar-refractivity contribution in [2.45, 2.75) is 25.5 Å². The van der Waals surface area contributed by atoms with Gasteiger partial charge in [-0.25, -0.2) is 0 Å². The molecule has 0 bridgehead atoms. The van der Waals surface area contributed by atoms with Crippen molar-refractivity contribution >= 4 is 10.9 Å². The molecule has 2 heterocycles. The summed E-state index contributed by atoms with van der Waals surface area (Å²) in [6.07, 6.45) is 0. The van der Waals surface area contributed by atoms with E-state index >= 15 is 0 Å². The lowest BCUT2D eigenvalue weighted by atomic mass is 9.77. The fourth-order valence-electron chi connectivity index (χ4n) is 4.67. The highest BCUT2D eigenvalue weighted by molar-refractivity contribution is 5.93. The predicted molar refractivity (Wildman–Crippen MR) is 106 cm³/mol. The first-order valence-electron chi connectivity index (χ1n) is 9.07. The van der Waals surface area contributed by atoms with E-state index in [1.807, 2.05) is 31.2 Å². The number of aromatic nitrogens is 1. The fraction of sp³-hybridized carbons (Fsp3) is 0.167. The third-order valence-corrected chi connectivity index (χ3v) is 5.80. The van der Waals surface area contributed by atoms with Gasteiger partial charge in [0.15, 0.2) is 0 Å². The van der Waals surface area contributed by atoms with Crippen LogP contribution in [0.1, 0.15) is 29.7 Å². The maximum Gasteiger partial charge on any atom is 0.112 e. The second-order valence-electron chi connectivity index (χ2n) is 7.37. The Hall–Kier alpha value is -2.84. The fourth-order valence-corrected chi connectivity index (χ4v) is 4.67. The highest BCUT2D eigenvalue weighted by Crippen LogP contribution is 2.51. The molecule has 0 spiro atoms. The van der Waals surface area contributed by atoms with Crippen LogP contribution in [0.4, 0.5) is 0 Å². The van der Waals surface area contributed by atoms with Gasteiger partial charge in [-0.1, -0.05) is 72.8 Å². The van der Waals surface area contributed by atoms with E-state index in [1.165, 1.54) is 22.2 Å². The Morgan fingerprint density at radius 2 is 1.50 bits per heavy atom. The Morgan fingerprint density at radius 1 is 0.846 bits per heavy atom. The first kappa shape index (κ1) is 15.4. The Balaban J connectivity index is 1.97. The van der Waals surface area contributed by atoms with Crippen molar-refractivity contribution in [1.82, 2.24) is 4.57 Å². The molecule has 5 rings (SSSR count). The van der Waals surface area contributed by atoms with E-state index in [0.29, 0.717) is 0 Å². The van der Waals surface area contributed by atoms with Gasteiger partial charge >= 0.3 is 0 Å². The van der Waals surface area contributed by atoms with Gasteiger partial charge in [0.1, 0.15) is 5.60 Å². The lowest BCUT2D eigenvalue weighted by Crippen LogP contribution is -2.38. The van der Waals surface area contributed by atoms with E-state index in [-0.39, 0.29) is 6.04 Å². The van der Waals surface area contributed by atoms with Crippen molar-refractivity contribution in [2.24, 2.45) is 0 Å². The number of fused-ring (bicyclic) bond motifs is 5. The van der Waals surface area contributed by atoms with Gasteiger partial charge in [0.2, 0.25) is 0 Å². The number of rotatable bonds is 1. The number of hydrogen-bond acceptors (Lipinski definition) is 1. The minimum atomic E-state index is -1.00. The molecule has 26 heavy (non-hydrogen) atoms. The second-order valence-corrected chi connectivity index (χ2v) is 7.37. The van der Waals surface area contributed by atoms with Crippen molar-refractivity contribution in [1.29, 1.82) is 0 Å². The van der Waals surface area contributed by atoms with Crippen molar-refractivity contribution in [3.63, 3.8) is 0 Å². The zero-order valence-electron chi connectivity index (χ0n) is 15.0. The smallest absolute Gasteiger partial charge is 0.112 e. The van der Waals surface area contributed by atoms with Gasteiger partial charge < -0.3 is 9.67 Å². The summed E-state index contributed by atoms with van der Waals surface area (Å²) < 4.78 is 2.34. The molecule has 2 heteroatoms. The molecule has 1 N–H and O–H groups in total. The van der Waals surface area contributed by atoms with Crippen LogP contribution in [0.15, 0.2) is 78.9 Å². The number of para-hydroxylation sites is 1. The molecule has 128 valence electrons. The van der Waals surface area contributed by atoms with E-state index in [2.05, 4.69) is 66.1 Å². The second kappa shape index (κ2) is 5.33. The average Bonchev–Trinajstić information content (AvgIpc) is 2.96. The van der Waals surface area contributed by atoms with Crippen LogP contribution < -0.4 is 0 Å². The van der Waals surface area contributed by atoms with E-state index in [0.717, 1.165) is 16.7 Å². The molecule has 0 unspecified atom stereocenters. The summed E-state index contributed by atoms with van der Waals surface area (Å²) in [5, 5.41) is 13.0. The number of benzene rings is 3. The molecule has 1 aliphatic rings. The molecule has 2 atom stereocenters. The van der Waals surface area contributed by atoms with E-state index in [4.69, 9.17) is 0 Å². The van der Waals surface area contributed by atoms with Gasteiger partial charge in [0, 0.05) is 16.5 Å². The topological polar surface area (TPSA) is 25.2 Å². The molecule has 0 fully saturated rings. The Kier molecular flexibility index (Phi) is 3.16.